The largest absolute Gasteiger partial charge is 0.344 e. The maximum Gasteiger partial charge on any atom is 0.251 e. The zero-order valence-electron chi connectivity index (χ0n) is 8.77. The molecule has 5 heteroatoms. The molecule has 0 atom stereocenters. The van der Waals surface area contributed by atoms with Gasteiger partial charge in [-0.15, -0.1) is 23.2 Å². The highest BCUT2D eigenvalue weighted by Crippen LogP contribution is 2.12. The molecular weight excluding hydrogens is 360 g/mol. The Kier molecular flexibility index (Phi) is 5.34. The van der Waals surface area contributed by atoms with Crippen LogP contribution in [0.1, 0.15) is 17.3 Å². The van der Waals surface area contributed by atoms with E-state index in [1.807, 2.05) is 19.1 Å². The number of hydrogen-bond acceptors (Lipinski definition) is 1. The van der Waals surface area contributed by atoms with Crippen LogP contribution in [-0.4, -0.2) is 23.2 Å². The molecule has 0 radical (unpaired) electrons. The van der Waals surface area contributed by atoms with Crippen LogP contribution in [0.2, 0.25) is 0 Å². The first-order chi connectivity index (χ1) is 7.50. The predicted octanol–water partition coefficient (Wildman–Crippen LogP) is 3.26. The number of carbonyl (C=O) groups excluding carboxylic acids is 1. The van der Waals surface area contributed by atoms with Crippen molar-refractivity contribution in [2.75, 3.05) is 11.8 Å². The fourth-order valence-electron chi connectivity index (χ4n) is 1.05. The Morgan fingerprint density at radius 1 is 1.31 bits per heavy atom. The monoisotopic (exact) mass is 371 g/mol. The van der Waals surface area contributed by atoms with Gasteiger partial charge in [-0.25, -0.2) is 0 Å². The van der Waals surface area contributed by atoms with Crippen LogP contribution in [0.4, 0.5) is 0 Å². The Labute approximate surface area is 119 Å². The highest BCUT2D eigenvalue weighted by atomic mass is 127. The van der Waals surface area contributed by atoms with Gasteiger partial charge in [0.1, 0.15) is 0 Å². The van der Waals surface area contributed by atoms with Gasteiger partial charge in [0.25, 0.3) is 5.91 Å². The molecule has 16 heavy (non-hydrogen) atoms. The molecule has 0 saturated heterocycles. The summed E-state index contributed by atoms with van der Waals surface area (Å²) in [5.74, 6) is 0.416. The first kappa shape index (κ1) is 14.1. The van der Waals surface area contributed by atoms with Gasteiger partial charge in [0.05, 0.1) is 5.54 Å². The van der Waals surface area contributed by atoms with Crippen molar-refractivity contribution in [1.29, 1.82) is 0 Å². The van der Waals surface area contributed by atoms with Gasteiger partial charge in [0.15, 0.2) is 0 Å². The number of carbonyl (C=O) groups is 1. The van der Waals surface area contributed by atoms with E-state index >= 15 is 0 Å². The van der Waals surface area contributed by atoms with E-state index in [0.717, 1.165) is 3.57 Å². The summed E-state index contributed by atoms with van der Waals surface area (Å²) >= 11 is 13.7. The summed E-state index contributed by atoms with van der Waals surface area (Å²) < 4.78 is 1.09. The van der Waals surface area contributed by atoms with Crippen LogP contribution in [0.5, 0.6) is 0 Å². The summed E-state index contributed by atoms with van der Waals surface area (Å²) in [5, 5.41) is 2.82. The number of halogens is 3. The average molecular weight is 372 g/mol. The molecule has 0 aliphatic heterocycles. The third-order valence-electron chi connectivity index (χ3n) is 2.11. The molecule has 0 spiro atoms. The second kappa shape index (κ2) is 6.07. The average Bonchev–Trinajstić information content (AvgIpc) is 2.29. The van der Waals surface area contributed by atoms with E-state index in [0.29, 0.717) is 5.56 Å². The van der Waals surface area contributed by atoms with Crippen LogP contribution >= 0.6 is 45.8 Å². The van der Waals surface area contributed by atoms with Gasteiger partial charge in [-0.1, -0.05) is 0 Å². The van der Waals surface area contributed by atoms with Crippen molar-refractivity contribution in [3.63, 3.8) is 0 Å². The standard InChI is InChI=1S/C11H12Cl2INO/c1-11(6-12,7-13)15-10(16)8-2-4-9(14)5-3-8/h2-5H,6-7H2,1H3,(H,15,16). The van der Waals surface area contributed by atoms with E-state index in [9.17, 15) is 4.79 Å². The molecule has 2 nitrogen and oxygen atoms in total. The van der Waals surface area contributed by atoms with Gasteiger partial charge >= 0.3 is 0 Å². The summed E-state index contributed by atoms with van der Waals surface area (Å²) in [6, 6.07) is 7.32. The van der Waals surface area contributed by atoms with Crippen molar-refractivity contribution in [1.82, 2.24) is 5.32 Å². The Hall–Kier alpha value is -0.000000000000000111. The number of alkyl halides is 2. The Bertz CT molecular complexity index is 363. The molecule has 0 aromatic heterocycles. The van der Waals surface area contributed by atoms with Gasteiger partial charge in [-0.05, 0) is 53.8 Å². The fourth-order valence-corrected chi connectivity index (χ4v) is 1.83. The molecule has 88 valence electrons. The van der Waals surface area contributed by atoms with Gasteiger partial charge < -0.3 is 5.32 Å². The maximum absolute atomic E-state index is 11.9. The van der Waals surface area contributed by atoms with E-state index in [4.69, 9.17) is 23.2 Å². The maximum atomic E-state index is 11.9. The third kappa shape index (κ3) is 3.79. The van der Waals surface area contributed by atoms with Crippen molar-refractivity contribution in [2.24, 2.45) is 0 Å². The van der Waals surface area contributed by atoms with E-state index in [-0.39, 0.29) is 17.7 Å². The smallest absolute Gasteiger partial charge is 0.251 e. The molecule has 0 aliphatic rings. The lowest BCUT2D eigenvalue weighted by Gasteiger charge is -2.25. The van der Waals surface area contributed by atoms with Gasteiger partial charge in [-0.2, -0.15) is 0 Å². The van der Waals surface area contributed by atoms with E-state index in [1.165, 1.54) is 0 Å². The highest BCUT2D eigenvalue weighted by Gasteiger charge is 2.24. The molecule has 1 aromatic rings. The number of rotatable bonds is 4. The minimum Gasteiger partial charge on any atom is -0.344 e. The predicted molar refractivity (Wildman–Crippen MR) is 76.5 cm³/mol. The molecule has 1 aromatic carbocycles. The van der Waals surface area contributed by atoms with Crippen molar-refractivity contribution < 1.29 is 4.79 Å². The Balaban J connectivity index is 2.76. The molecule has 0 fully saturated rings. The van der Waals surface area contributed by atoms with Crippen LogP contribution < -0.4 is 5.32 Å². The second-order valence-corrected chi connectivity index (χ2v) is 5.57. The first-order valence-corrected chi connectivity index (χ1v) is 6.85. The first-order valence-electron chi connectivity index (χ1n) is 4.71. The molecule has 0 bridgehead atoms. The van der Waals surface area contributed by atoms with Crippen LogP contribution in [0.25, 0.3) is 0 Å². The van der Waals surface area contributed by atoms with Gasteiger partial charge in [0, 0.05) is 20.9 Å². The van der Waals surface area contributed by atoms with Gasteiger partial charge in [-0.3, -0.25) is 4.79 Å². The molecule has 0 unspecified atom stereocenters. The zero-order valence-corrected chi connectivity index (χ0v) is 12.4. The minimum atomic E-state index is -0.566. The summed E-state index contributed by atoms with van der Waals surface area (Å²) in [5.41, 5.74) is 0.0466. The molecule has 0 aliphatic carbocycles. The molecule has 1 N–H and O–H groups in total. The van der Waals surface area contributed by atoms with Crippen LogP contribution in [0, 0.1) is 3.57 Å². The van der Waals surface area contributed by atoms with E-state index < -0.39 is 5.54 Å². The summed E-state index contributed by atoms with van der Waals surface area (Å²) in [7, 11) is 0. The third-order valence-corrected chi connectivity index (χ3v) is 4.01. The minimum absolute atomic E-state index is 0.153. The van der Waals surface area contributed by atoms with E-state index in [2.05, 4.69) is 27.9 Å². The molecule has 0 saturated carbocycles. The fraction of sp³-hybridized carbons (Fsp3) is 0.364. The number of benzene rings is 1. The van der Waals surface area contributed by atoms with Crippen molar-refractivity contribution >= 4 is 51.7 Å². The van der Waals surface area contributed by atoms with Crippen molar-refractivity contribution in [3.05, 3.63) is 33.4 Å². The number of hydrogen-bond donors (Lipinski definition) is 1. The summed E-state index contributed by atoms with van der Waals surface area (Å²) in [4.78, 5) is 11.9. The van der Waals surface area contributed by atoms with Gasteiger partial charge in [0.2, 0.25) is 0 Å². The summed E-state index contributed by atoms with van der Waals surface area (Å²) in [6.07, 6.45) is 0. The zero-order chi connectivity index (χ0) is 12.2. The highest BCUT2D eigenvalue weighted by molar-refractivity contribution is 14.1. The number of nitrogens with one attached hydrogen (secondary N) is 1. The lowest BCUT2D eigenvalue weighted by atomic mass is 10.1. The quantitative estimate of drug-likeness (QED) is 0.638. The molecule has 1 rings (SSSR count). The van der Waals surface area contributed by atoms with Crippen molar-refractivity contribution in [2.45, 2.75) is 12.5 Å². The normalized spacial score (nSPS) is 11.2. The number of amides is 1. The topological polar surface area (TPSA) is 29.1 Å². The van der Waals surface area contributed by atoms with Crippen LogP contribution in [-0.2, 0) is 0 Å². The Morgan fingerprint density at radius 3 is 2.25 bits per heavy atom. The lowest BCUT2D eigenvalue weighted by Crippen LogP contribution is -2.49. The van der Waals surface area contributed by atoms with E-state index in [1.54, 1.807) is 12.1 Å². The molecule has 0 heterocycles. The summed E-state index contributed by atoms with van der Waals surface area (Å²) in [6.45, 7) is 1.82. The van der Waals surface area contributed by atoms with Crippen LogP contribution in [0.15, 0.2) is 24.3 Å². The second-order valence-electron chi connectivity index (χ2n) is 3.79. The Morgan fingerprint density at radius 2 is 1.81 bits per heavy atom. The van der Waals surface area contributed by atoms with Crippen LogP contribution in [0.3, 0.4) is 0 Å². The molecule has 1 amide bonds. The molecular formula is C11H12Cl2INO. The van der Waals surface area contributed by atoms with Crippen molar-refractivity contribution in [3.8, 4) is 0 Å². The SMILES string of the molecule is CC(CCl)(CCl)NC(=O)c1ccc(I)cc1. The lowest BCUT2D eigenvalue weighted by molar-refractivity contribution is 0.0921.